The Morgan fingerprint density at radius 2 is 2.13 bits per heavy atom. The van der Waals surface area contributed by atoms with Gasteiger partial charge in [0.1, 0.15) is 0 Å². The summed E-state index contributed by atoms with van der Waals surface area (Å²) in [6.45, 7) is 6.58. The number of nitrogens with zero attached hydrogens (tertiary/aromatic N) is 1. The zero-order valence-corrected chi connectivity index (χ0v) is 9.76. The maximum Gasteiger partial charge on any atom is 0.0602 e. The van der Waals surface area contributed by atoms with Gasteiger partial charge < -0.3 is 5.32 Å². The van der Waals surface area contributed by atoms with Crippen LogP contribution in [0.4, 0.5) is 0 Å². The van der Waals surface area contributed by atoms with E-state index >= 15 is 0 Å². The number of nitrogens with one attached hydrogen (secondary N) is 1. The number of rotatable bonds is 5. The van der Waals surface area contributed by atoms with Crippen molar-refractivity contribution in [3.63, 3.8) is 0 Å². The van der Waals surface area contributed by atoms with E-state index in [1.165, 1.54) is 45.3 Å². The average Bonchev–Trinajstić information content (AvgIpc) is 2.90. The van der Waals surface area contributed by atoms with Gasteiger partial charge in [-0.3, -0.25) is 4.90 Å². The van der Waals surface area contributed by atoms with Gasteiger partial charge in [0.05, 0.1) is 6.54 Å². The molecule has 0 spiro atoms. The molecule has 2 rings (SSSR count). The quantitative estimate of drug-likeness (QED) is 0.685. The van der Waals surface area contributed by atoms with Crippen LogP contribution in [0.2, 0.25) is 0 Å². The van der Waals surface area contributed by atoms with Crippen LogP contribution in [-0.2, 0) is 0 Å². The minimum absolute atomic E-state index is 0.724. The first-order chi connectivity index (χ1) is 7.38. The summed E-state index contributed by atoms with van der Waals surface area (Å²) in [5, 5.41) is 3.57. The van der Waals surface area contributed by atoms with Crippen molar-refractivity contribution in [3.05, 3.63) is 0 Å². The molecule has 0 radical (unpaired) electrons. The van der Waals surface area contributed by atoms with E-state index < -0.39 is 0 Å². The first-order valence-electron chi connectivity index (χ1n) is 6.24. The van der Waals surface area contributed by atoms with Gasteiger partial charge in [-0.15, -0.1) is 5.92 Å². The van der Waals surface area contributed by atoms with Gasteiger partial charge in [0.25, 0.3) is 0 Å². The van der Waals surface area contributed by atoms with Crippen LogP contribution in [0.5, 0.6) is 0 Å². The standard InChI is InChI=1S/C13H22N2/c1-2-3-9-15(10-12-6-7-12)11-13-5-4-8-14-13/h12-14H,4-11H2,1H3. The summed E-state index contributed by atoms with van der Waals surface area (Å²) in [7, 11) is 0. The monoisotopic (exact) mass is 206 g/mol. The molecule has 1 heterocycles. The molecule has 2 aliphatic rings. The first-order valence-corrected chi connectivity index (χ1v) is 6.24. The second-order valence-electron chi connectivity index (χ2n) is 4.86. The maximum absolute atomic E-state index is 3.57. The Balaban J connectivity index is 1.75. The van der Waals surface area contributed by atoms with Gasteiger partial charge in [0, 0.05) is 19.1 Å². The second kappa shape index (κ2) is 5.53. The smallest absolute Gasteiger partial charge is 0.0602 e. The molecule has 1 saturated carbocycles. The van der Waals surface area contributed by atoms with E-state index in [9.17, 15) is 0 Å². The highest BCUT2D eigenvalue weighted by atomic mass is 15.2. The molecule has 1 unspecified atom stereocenters. The van der Waals surface area contributed by atoms with Crippen molar-refractivity contribution in [1.29, 1.82) is 0 Å². The fourth-order valence-electron chi connectivity index (χ4n) is 2.28. The van der Waals surface area contributed by atoms with Crippen molar-refractivity contribution in [2.45, 2.75) is 38.6 Å². The molecule has 0 aromatic rings. The lowest BCUT2D eigenvalue weighted by Gasteiger charge is -2.23. The van der Waals surface area contributed by atoms with Crippen molar-refractivity contribution in [2.75, 3.05) is 26.2 Å². The second-order valence-corrected chi connectivity index (χ2v) is 4.86. The molecule has 0 aromatic carbocycles. The molecular weight excluding hydrogens is 184 g/mol. The van der Waals surface area contributed by atoms with E-state index in [-0.39, 0.29) is 0 Å². The van der Waals surface area contributed by atoms with Gasteiger partial charge in [-0.1, -0.05) is 5.92 Å². The van der Waals surface area contributed by atoms with Crippen LogP contribution in [0.3, 0.4) is 0 Å². The van der Waals surface area contributed by atoms with Crippen molar-refractivity contribution in [1.82, 2.24) is 10.2 Å². The Morgan fingerprint density at radius 3 is 2.73 bits per heavy atom. The van der Waals surface area contributed by atoms with E-state index in [1.807, 2.05) is 6.92 Å². The highest BCUT2D eigenvalue weighted by Crippen LogP contribution is 2.29. The van der Waals surface area contributed by atoms with Gasteiger partial charge in [-0.2, -0.15) is 0 Å². The lowest BCUT2D eigenvalue weighted by atomic mass is 10.2. The highest BCUT2D eigenvalue weighted by Gasteiger charge is 2.25. The first kappa shape index (κ1) is 11.0. The summed E-state index contributed by atoms with van der Waals surface area (Å²) in [5.74, 6) is 7.19. The summed E-state index contributed by atoms with van der Waals surface area (Å²) in [5.41, 5.74) is 0. The van der Waals surface area contributed by atoms with Crippen LogP contribution in [-0.4, -0.2) is 37.1 Å². The summed E-state index contributed by atoms with van der Waals surface area (Å²) >= 11 is 0. The zero-order valence-electron chi connectivity index (χ0n) is 9.76. The Morgan fingerprint density at radius 1 is 1.27 bits per heavy atom. The van der Waals surface area contributed by atoms with Crippen molar-refractivity contribution >= 4 is 0 Å². The fraction of sp³-hybridized carbons (Fsp3) is 0.846. The van der Waals surface area contributed by atoms with Crippen molar-refractivity contribution < 1.29 is 0 Å². The zero-order chi connectivity index (χ0) is 10.5. The van der Waals surface area contributed by atoms with E-state index in [4.69, 9.17) is 0 Å². The lowest BCUT2D eigenvalue weighted by molar-refractivity contribution is 0.267. The predicted molar refractivity (Wildman–Crippen MR) is 63.6 cm³/mol. The molecule has 84 valence electrons. The minimum Gasteiger partial charge on any atom is -0.313 e. The van der Waals surface area contributed by atoms with Crippen LogP contribution in [0.15, 0.2) is 0 Å². The summed E-state index contributed by atoms with van der Waals surface area (Å²) in [6, 6.07) is 0.724. The van der Waals surface area contributed by atoms with Crippen LogP contribution < -0.4 is 5.32 Å². The van der Waals surface area contributed by atoms with E-state index in [0.29, 0.717) is 0 Å². The summed E-state index contributed by atoms with van der Waals surface area (Å²) in [6.07, 6.45) is 5.57. The topological polar surface area (TPSA) is 15.3 Å². The molecule has 0 bridgehead atoms. The molecule has 15 heavy (non-hydrogen) atoms. The van der Waals surface area contributed by atoms with Gasteiger partial charge in [-0.25, -0.2) is 0 Å². The minimum atomic E-state index is 0.724. The predicted octanol–water partition coefficient (Wildman–Crippen LogP) is 1.47. The van der Waals surface area contributed by atoms with E-state index in [2.05, 4.69) is 22.1 Å². The molecule has 0 aromatic heterocycles. The number of hydrogen-bond donors (Lipinski definition) is 1. The lowest BCUT2D eigenvalue weighted by Crippen LogP contribution is -2.38. The molecule has 2 heteroatoms. The molecular formula is C13H22N2. The third-order valence-electron chi connectivity index (χ3n) is 3.33. The summed E-state index contributed by atoms with van der Waals surface area (Å²) in [4.78, 5) is 2.54. The Kier molecular flexibility index (Phi) is 4.05. The van der Waals surface area contributed by atoms with Crippen molar-refractivity contribution in [2.24, 2.45) is 5.92 Å². The third kappa shape index (κ3) is 3.85. The van der Waals surface area contributed by atoms with Gasteiger partial charge in [-0.05, 0) is 45.1 Å². The van der Waals surface area contributed by atoms with Gasteiger partial charge >= 0.3 is 0 Å². The Bertz CT molecular complexity index is 241. The van der Waals surface area contributed by atoms with E-state index in [1.54, 1.807) is 0 Å². The molecule has 1 aliphatic heterocycles. The largest absolute Gasteiger partial charge is 0.313 e. The molecule has 1 N–H and O–H groups in total. The van der Waals surface area contributed by atoms with Crippen LogP contribution in [0.25, 0.3) is 0 Å². The molecule has 1 saturated heterocycles. The molecule has 0 amide bonds. The molecule has 1 aliphatic carbocycles. The van der Waals surface area contributed by atoms with Gasteiger partial charge in [0.2, 0.25) is 0 Å². The fourth-order valence-corrected chi connectivity index (χ4v) is 2.28. The molecule has 1 atom stereocenters. The third-order valence-corrected chi connectivity index (χ3v) is 3.33. The molecule has 2 fully saturated rings. The van der Waals surface area contributed by atoms with Crippen LogP contribution in [0, 0.1) is 17.8 Å². The van der Waals surface area contributed by atoms with Gasteiger partial charge in [0.15, 0.2) is 0 Å². The highest BCUT2D eigenvalue weighted by molar-refractivity contribution is 4.99. The Hall–Kier alpha value is -0.520. The normalized spacial score (nSPS) is 25.3. The number of hydrogen-bond acceptors (Lipinski definition) is 2. The summed E-state index contributed by atoms with van der Waals surface area (Å²) < 4.78 is 0. The molecule has 2 nitrogen and oxygen atoms in total. The van der Waals surface area contributed by atoms with Crippen LogP contribution in [0.1, 0.15) is 32.6 Å². The van der Waals surface area contributed by atoms with Crippen LogP contribution >= 0.6 is 0 Å². The Labute approximate surface area is 93.4 Å². The SMILES string of the molecule is CC#CCN(CC1CC1)CC1CCCN1. The van der Waals surface area contributed by atoms with E-state index in [0.717, 1.165) is 18.5 Å². The average molecular weight is 206 g/mol. The maximum atomic E-state index is 3.57. The van der Waals surface area contributed by atoms with Crippen molar-refractivity contribution in [3.8, 4) is 11.8 Å².